The van der Waals surface area contributed by atoms with Crippen molar-refractivity contribution in [3.05, 3.63) is 11.4 Å². The highest BCUT2D eigenvalue weighted by atomic mass is 16.3. The maximum Gasteiger partial charge on any atom is 0.134 e. The van der Waals surface area contributed by atoms with Crippen LogP contribution < -0.4 is 10.6 Å². The van der Waals surface area contributed by atoms with Gasteiger partial charge < -0.3 is 15.7 Å². The normalized spacial score (nSPS) is 12.3. The number of anilines is 2. The molecule has 3 N–H and O–H groups in total. The van der Waals surface area contributed by atoms with E-state index in [1.54, 1.807) is 0 Å². The molecule has 0 aliphatic heterocycles. The zero-order valence-electron chi connectivity index (χ0n) is 12.5. The molecule has 0 bridgehead atoms. The molecule has 0 fully saturated rings. The first-order valence-corrected chi connectivity index (χ1v) is 7.11. The molecule has 1 aromatic heterocycles. The van der Waals surface area contributed by atoms with E-state index in [0.717, 1.165) is 55.4 Å². The molecule has 1 aromatic rings. The summed E-state index contributed by atoms with van der Waals surface area (Å²) in [4.78, 5) is 9.02. The van der Waals surface area contributed by atoms with Crippen molar-refractivity contribution in [2.75, 3.05) is 23.7 Å². The van der Waals surface area contributed by atoms with E-state index >= 15 is 0 Å². The van der Waals surface area contributed by atoms with E-state index in [-0.39, 0.29) is 6.10 Å². The van der Waals surface area contributed by atoms with Crippen molar-refractivity contribution in [3.8, 4) is 0 Å². The first-order valence-electron chi connectivity index (χ1n) is 7.11. The van der Waals surface area contributed by atoms with E-state index in [1.807, 2.05) is 13.8 Å². The van der Waals surface area contributed by atoms with Gasteiger partial charge in [-0.25, -0.2) is 9.97 Å². The van der Waals surface area contributed by atoms with Crippen LogP contribution in [-0.2, 0) is 6.42 Å². The van der Waals surface area contributed by atoms with Crippen LogP contribution in [0.25, 0.3) is 0 Å². The van der Waals surface area contributed by atoms with Gasteiger partial charge in [0.25, 0.3) is 0 Å². The molecule has 0 saturated heterocycles. The molecule has 108 valence electrons. The molecule has 5 heteroatoms. The summed E-state index contributed by atoms with van der Waals surface area (Å²) in [5.41, 5.74) is 1.05. The number of aromatic nitrogens is 2. The molecule has 0 aliphatic carbocycles. The SMILES string of the molecule is CCNc1nc(CC)nc(NCCCC(C)O)c1C. The molecule has 1 unspecified atom stereocenters. The average Bonchev–Trinajstić information content (AvgIpc) is 2.38. The van der Waals surface area contributed by atoms with Gasteiger partial charge in [0.1, 0.15) is 17.5 Å². The Morgan fingerprint density at radius 1 is 1.16 bits per heavy atom. The molecule has 5 nitrogen and oxygen atoms in total. The maximum absolute atomic E-state index is 9.24. The lowest BCUT2D eigenvalue weighted by Crippen LogP contribution is -2.12. The van der Waals surface area contributed by atoms with E-state index < -0.39 is 0 Å². The van der Waals surface area contributed by atoms with Crippen LogP contribution in [0.4, 0.5) is 11.6 Å². The lowest BCUT2D eigenvalue weighted by atomic mass is 10.2. The van der Waals surface area contributed by atoms with Gasteiger partial charge in [-0.3, -0.25) is 0 Å². The molecule has 0 aromatic carbocycles. The minimum atomic E-state index is -0.239. The van der Waals surface area contributed by atoms with E-state index in [2.05, 4.69) is 34.4 Å². The van der Waals surface area contributed by atoms with E-state index in [4.69, 9.17) is 0 Å². The van der Waals surface area contributed by atoms with Crippen LogP contribution >= 0.6 is 0 Å². The van der Waals surface area contributed by atoms with Crippen molar-refractivity contribution >= 4 is 11.6 Å². The molecular weight excluding hydrogens is 240 g/mol. The van der Waals surface area contributed by atoms with Crippen LogP contribution in [0, 0.1) is 6.92 Å². The second-order valence-corrected chi connectivity index (χ2v) is 4.76. The van der Waals surface area contributed by atoms with Crippen LogP contribution in [-0.4, -0.2) is 34.3 Å². The van der Waals surface area contributed by atoms with Crippen molar-refractivity contribution < 1.29 is 5.11 Å². The second kappa shape index (κ2) is 7.94. The number of nitrogens with zero attached hydrogens (tertiary/aromatic N) is 2. The Balaban J connectivity index is 2.72. The smallest absolute Gasteiger partial charge is 0.134 e. The highest BCUT2D eigenvalue weighted by molar-refractivity contribution is 5.57. The second-order valence-electron chi connectivity index (χ2n) is 4.76. The maximum atomic E-state index is 9.24. The summed E-state index contributed by atoms with van der Waals surface area (Å²) in [6.45, 7) is 9.61. The largest absolute Gasteiger partial charge is 0.393 e. The van der Waals surface area contributed by atoms with Gasteiger partial charge >= 0.3 is 0 Å². The van der Waals surface area contributed by atoms with Gasteiger partial charge in [-0.2, -0.15) is 0 Å². The predicted octanol–water partition coefficient (Wildman–Crippen LogP) is 2.35. The lowest BCUT2D eigenvalue weighted by Gasteiger charge is -2.14. The molecule has 1 heterocycles. The van der Waals surface area contributed by atoms with Gasteiger partial charge in [-0.05, 0) is 33.6 Å². The number of nitrogens with one attached hydrogen (secondary N) is 2. The Labute approximate surface area is 115 Å². The Hall–Kier alpha value is -1.36. The van der Waals surface area contributed by atoms with Crippen LogP contribution in [0.3, 0.4) is 0 Å². The molecular formula is C14H26N4O. The third kappa shape index (κ3) is 5.03. The third-order valence-corrected chi connectivity index (χ3v) is 2.94. The fourth-order valence-electron chi connectivity index (χ4n) is 1.84. The Morgan fingerprint density at radius 2 is 1.79 bits per heavy atom. The summed E-state index contributed by atoms with van der Waals surface area (Å²) in [5.74, 6) is 2.65. The van der Waals surface area contributed by atoms with Crippen LogP contribution in [0.1, 0.15) is 45.0 Å². The summed E-state index contributed by atoms with van der Waals surface area (Å²) in [7, 11) is 0. The van der Waals surface area contributed by atoms with Gasteiger partial charge in [0.15, 0.2) is 0 Å². The highest BCUT2D eigenvalue weighted by Crippen LogP contribution is 2.20. The molecule has 0 aliphatic rings. The van der Waals surface area contributed by atoms with Crippen molar-refractivity contribution in [2.45, 2.75) is 53.1 Å². The molecule has 0 spiro atoms. The molecule has 1 atom stereocenters. The molecule has 0 amide bonds. The van der Waals surface area contributed by atoms with Gasteiger partial charge in [0.2, 0.25) is 0 Å². The van der Waals surface area contributed by atoms with Crippen molar-refractivity contribution in [1.82, 2.24) is 9.97 Å². The van der Waals surface area contributed by atoms with Gasteiger partial charge in [-0.1, -0.05) is 6.92 Å². The van der Waals surface area contributed by atoms with E-state index in [0.29, 0.717) is 0 Å². The Bertz CT molecular complexity index is 393. The number of aryl methyl sites for hydroxylation is 1. The fourth-order valence-corrected chi connectivity index (χ4v) is 1.84. The standard InChI is InChI=1S/C14H26N4O/c1-5-12-17-13(15-6-2)11(4)14(18-12)16-9-7-8-10(3)19/h10,19H,5-9H2,1-4H3,(H2,15,16,17,18). The Kier molecular flexibility index (Phi) is 6.56. The molecule has 19 heavy (non-hydrogen) atoms. The topological polar surface area (TPSA) is 70.1 Å². The van der Waals surface area contributed by atoms with Crippen LogP contribution in [0.5, 0.6) is 0 Å². The van der Waals surface area contributed by atoms with Crippen LogP contribution in [0.2, 0.25) is 0 Å². The number of hydrogen-bond acceptors (Lipinski definition) is 5. The fraction of sp³-hybridized carbons (Fsp3) is 0.714. The number of aliphatic hydroxyl groups excluding tert-OH is 1. The summed E-state index contributed by atoms with van der Waals surface area (Å²) < 4.78 is 0. The zero-order chi connectivity index (χ0) is 14.3. The highest BCUT2D eigenvalue weighted by Gasteiger charge is 2.09. The van der Waals surface area contributed by atoms with Crippen molar-refractivity contribution in [3.63, 3.8) is 0 Å². The zero-order valence-corrected chi connectivity index (χ0v) is 12.5. The van der Waals surface area contributed by atoms with E-state index in [9.17, 15) is 5.11 Å². The van der Waals surface area contributed by atoms with Gasteiger partial charge in [-0.15, -0.1) is 0 Å². The summed E-state index contributed by atoms with van der Waals surface area (Å²) >= 11 is 0. The minimum absolute atomic E-state index is 0.239. The quantitative estimate of drug-likeness (QED) is 0.630. The van der Waals surface area contributed by atoms with Crippen LogP contribution in [0.15, 0.2) is 0 Å². The molecule has 0 saturated carbocycles. The minimum Gasteiger partial charge on any atom is -0.393 e. The van der Waals surface area contributed by atoms with Gasteiger partial charge in [0.05, 0.1) is 6.10 Å². The summed E-state index contributed by atoms with van der Waals surface area (Å²) in [5, 5.41) is 15.8. The lowest BCUT2D eigenvalue weighted by molar-refractivity contribution is 0.183. The first kappa shape index (κ1) is 15.7. The predicted molar refractivity (Wildman–Crippen MR) is 79.7 cm³/mol. The van der Waals surface area contributed by atoms with E-state index in [1.165, 1.54) is 0 Å². The van der Waals surface area contributed by atoms with Gasteiger partial charge in [0, 0.05) is 25.1 Å². The summed E-state index contributed by atoms with van der Waals surface area (Å²) in [6.07, 6.45) is 2.31. The number of rotatable bonds is 8. The molecule has 1 rings (SSSR count). The summed E-state index contributed by atoms with van der Waals surface area (Å²) in [6, 6.07) is 0. The monoisotopic (exact) mass is 266 g/mol. The van der Waals surface area contributed by atoms with Crippen molar-refractivity contribution in [2.24, 2.45) is 0 Å². The van der Waals surface area contributed by atoms with Crippen molar-refractivity contribution in [1.29, 1.82) is 0 Å². The average molecular weight is 266 g/mol. The molecule has 0 radical (unpaired) electrons. The first-order chi connectivity index (χ1) is 9.08. The Morgan fingerprint density at radius 3 is 2.32 bits per heavy atom. The third-order valence-electron chi connectivity index (χ3n) is 2.94. The number of aliphatic hydroxyl groups is 1. The number of hydrogen-bond donors (Lipinski definition) is 3.